The number of amides is 2. The van der Waals surface area contributed by atoms with E-state index in [0.29, 0.717) is 25.3 Å². The highest BCUT2D eigenvalue weighted by Gasteiger charge is 2.43. The highest BCUT2D eigenvalue weighted by Crippen LogP contribution is 2.25. The molecule has 0 aromatic heterocycles. The summed E-state index contributed by atoms with van der Waals surface area (Å²) in [6.45, 7) is 0.594. The van der Waals surface area contributed by atoms with E-state index in [0.717, 1.165) is 12.1 Å². The Labute approximate surface area is 144 Å². The minimum Gasteiger partial charge on any atom is -0.484 e. The Kier molecular flexibility index (Phi) is 4.89. The molecular formula is C17H20N2O6. The Morgan fingerprint density at radius 3 is 2.88 bits per heavy atom. The standard InChI is InChI=1S/C17H20N2O6/c20-14(18-17(16(22)23)6-8-24-11-17)10-25-13-4-1-3-12(9-13)19-7-2-5-15(19)21/h1,3-4,9H,2,5-8,10-11H2,(H,18,20)(H,22,23). The minimum absolute atomic E-state index is 0.0549. The van der Waals surface area contributed by atoms with Gasteiger partial charge in [-0.1, -0.05) is 6.07 Å². The molecule has 2 amide bonds. The Morgan fingerprint density at radius 1 is 1.40 bits per heavy atom. The zero-order chi connectivity index (χ0) is 17.9. The van der Waals surface area contributed by atoms with E-state index in [1.165, 1.54) is 0 Å². The van der Waals surface area contributed by atoms with Gasteiger partial charge in [-0.2, -0.15) is 0 Å². The lowest BCUT2D eigenvalue weighted by Gasteiger charge is -2.23. The third kappa shape index (κ3) is 3.74. The first-order valence-corrected chi connectivity index (χ1v) is 8.16. The minimum atomic E-state index is -1.38. The van der Waals surface area contributed by atoms with Crippen molar-refractivity contribution in [2.45, 2.75) is 24.8 Å². The van der Waals surface area contributed by atoms with E-state index in [4.69, 9.17) is 9.47 Å². The van der Waals surface area contributed by atoms with Gasteiger partial charge in [0.05, 0.1) is 6.61 Å². The molecule has 2 aliphatic heterocycles. The molecule has 3 rings (SSSR count). The van der Waals surface area contributed by atoms with Crippen LogP contribution in [-0.4, -0.2) is 54.8 Å². The quantitative estimate of drug-likeness (QED) is 0.778. The van der Waals surface area contributed by atoms with E-state index in [-0.39, 0.29) is 25.5 Å². The summed E-state index contributed by atoms with van der Waals surface area (Å²) in [5.41, 5.74) is -0.656. The summed E-state index contributed by atoms with van der Waals surface area (Å²) in [6, 6.07) is 6.94. The van der Waals surface area contributed by atoms with Gasteiger partial charge in [0.15, 0.2) is 12.1 Å². The molecule has 1 atom stereocenters. The lowest BCUT2D eigenvalue weighted by Crippen LogP contribution is -2.56. The average Bonchev–Trinajstić information content (AvgIpc) is 3.23. The van der Waals surface area contributed by atoms with Crippen LogP contribution in [0, 0.1) is 0 Å². The van der Waals surface area contributed by atoms with E-state index in [1.807, 2.05) is 6.07 Å². The van der Waals surface area contributed by atoms with Gasteiger partial charge in [0.2, 0.25) is 5.91 Å². The number of anilines is 1. The van der Waals surface area contributed by atoms with E-state index in [2.05, 4.69) is 5.32 Å². The largest absolute Gasteiger partial charge is 0.484 e. The summed E-state index contributed by atoms with van der Waals surface area (Å²) in [4.78, 5) is 36.9. The third-order valence-electron chi connectivity index (χ3n) is 4.38. The summed E-state index contributed by atoms with van der Waals surface area (Å²) in [5.74, 6) is -1.14. The van der Waals surface area contributed by atoms with Crippen LogP contribution in [0.2, 0.25) is 0 Å². The van der Waals surface area contributed by atoms with Gasteiger partial charge in [0.1, 0.15) is 5.75 Å². The smallest absolute Gasteiger partial charge is 0.331 e. The monoisotopic (exact) mass is 348 g/mol. The second-order valence-electron chi connectivity index (χ2n) is 6.17. The second kappa shape index (κ2) is 7.10. The fourth-order valence-corrected chi connectivity index (χ4v) is 3.00. The van der Waals surface area contributed by atoms with Crippen LogP contribution < -0.4 is 15.0 Å². The lowest BCUT2D eigenvalue weighted by molar-refractivity contribution is -0.148. The van der Waals surface area contributed by atoms with Gasteiger partial charge >= 0.3 is 5.97 Å². The maximum atomic E-state index is 12.1. The van der Waals surface area contributed by atoms with Gasteiger partial charge in [-0.05, 0) is 18.6 Å². The molecule has 0 spiro atoms. The molecule has 0 radical (unpaired) electrons. The Hall–Kier alpha value is -2.61. The van der Waals surface area contributed by atoms with Crippen molar-refractivity contribution in [3.63, 3.8) is 0 Å². The Morgan fingerprint density at radius 2 is 2.24 bits per heavy atom. The van der Waals surface area contributed by atoms with Crippen molar-refractivity contribution in [3.8, 4) is 5.75 Å². The molecule has 8 nitrogen and oxygen atoms in total. The molecule has 2 heterocycles. The Balaban J connectivity index is 1.59. The van der Waals surface area contributed by atoms with E-state index < -0.39 is 17.4 Å². The van der Waals surface area contributed by atoms with Crippen LogP contribution in [0.25, 0.3) is 0 Å². The van der Waals surface area contributed by atoms with Crippen LogP contribution in [0.1, 0.15) is 19.3 Å². The molecule has 2 saturated heterocycles. The van der Waals surface area contributed by atoms with Gasteiger partial charge in [0.25, 0.3) is 5.91 Å². The van der Waals surface area contributed by atoms with Crippen molar-refractivity contribution in [1.82, 2.24) is 5.32 Å². The second-order valence-corrected chi connectivity index (χ2v) is 6.17. The van der Waals surface area contributed by atoms with Crippen molar-refractivity contribution in [3.05, 3.63) is 24.3 Å². The zero-order valence-corrected chi connectivity index (χ0v) is 13.7. The number of benzene rings is 1. The predicted octanol–water partition coefficient (Wildman–Crippen LogP) is 0.552. The first-order valence-electron chi connectivity index (χ1n) is 8.16. The zero-order valence-electron chi connectivity index (χ0n) is 13.7. The molecule has 25 heavy (non-hydrogen) atoms. The van der Waals surface area contributed by atoms with Gasteiger partial charge < -0.3 is 24.8 Å². The molecule has 2 fully saturated rings. The van der Waals surface area contributed by atoms with Gasteiger partial charge in [0, 0.05) is 37.7 Å². The highest BCUT2D eigenvalue weighted by atomic mass is 16.5. The molecule has 1 aromatic rings. The number of carboxylic acids is 1. The summed E-state index contributed by atoms with van der Waals surface area (Å²) in [7, 11) is 0. The van der Waals surface area contributed by atoms with Gasteiger partial charge in [-0.15, -0.1) is 0 Å². The highest BCUT2D eigenvalue weighted by molar-refractivity contribution is 5.95. The average molecular weight is 348 g/mol. The molecule has 2 N–H and O–H groups in total. The van der Waals surface area contributed by atoms with Crippen LogP contribution in [0.15, 0.2) is 24.3 Å². The van der Waals surface area contributed by atoms with Gasteiger partial charge in [-0.3, -0.25) is 9.59 Å². The molecule has 0 bridgehead atoms. The predicted molar refractivity (Wildman–Crippen MR) is 87.5 cm³/mol. The molecule has 0 saturated carbocycles. The van der Waals surface area contributed by atoms with Crippen molar-refractivity contribution < 1.29 is 29.0 Å². The number of rotatable bonds is 6. The summed E-state index contributed by atoms with van der Waals surface area (Å²) >= 11 is 0. The van der Waals surface area contributed by atoms with Crippen molar-refractivity contribution >= 4 is 23.5 Å². The van der Waals surface area contributed by atoms with Crippen LogP contribution in [0.5, 0.6) is 5.75 Å². The lowest BCUT2D eigenvalue weighted by atomic mass is 9.99. The van der Waals surface area contributed by atoms with Crippen LogP contribution in [-0.2, 0) is 19.1 Å². The molecule has 0 aliphatic carbocycles. The first kappa shape index (κ1) is 17.2. The number of aliphatic carboxylic acids is 1. The van der Waals surface area contributed by atoms with Gasteiger partial charge in [-0.25, -0.2) is 4.79 Å². The van der Waals surface area contributed by atoms with E-state index >= 15 is 0 Å². The summed E-state index contributed by atoms with van der Waals surface area (Å²) < 4.78 is 10.5. The summed E-state index contributed by atoms with van der Waals surface area (Å²) in [6.07, 6.45) is 1.58. The van der Waals surface area contributed by atoms with Crippen molar-refractivity contribution in [1.29, 1.82) is 0 Å². The number of ether oxygens (including phenoxy) is 2. The van der Waals surface area contributed by atoms with Crippen LogP contribution in [0.4, 0.5) is 5.69 Å². The third-order valence-corrected chi connectivity index (χ3v) is 4.38. The fraction of sp³-hybridized carbons (Fsp3) is 0.471. The Bertz CT molecular complexity index is 683. The molecule has 1 aromatic carbocycles. The van der Waals surface area contributed by atoms with E-state index in [9.17, 15) is 19.5 Å². The molecule has 2 aliphatic rings. The van der Waals surface area contributed by atoms with Crippen LogP contribution >= 0.6 is 0 Å². The molecular weight excluding hydrogens is 328 g/mol. The number of nitrogens with zero attached hydrogens (tertiary/aromatic N) is 1. The molecule has 134 valence electrons. The number of hydrogen-bond acceptors (Lipinski definition) is 5. The first-order chi connectivity index (χ1) is 12.0. The van der Waals surface area contributed by atoms with Crippen molar-refractivity contribution in [2.75, 3.05) is 31.3 Å². The number of hydrogen-bond donors (Lipinski definition) is 2. The number of carboxylic acid groups (broad SMARTS) is 1. The number of carbonyl (C=O) groups excluding carboxylic acids is 2. The maximum absolute atomic E-state index is 12.1. The SMILES string of the molecule is O=C(COc1cccc(N2CCCC2=O)c1)NC1(C(=O)O)CCOC1. The van der Waals surface area contributed by atoms with Crippen LogP contribution in [0.3, 0.4) is 0 Å². The topological polar surface area (TPSA) is 105 Å². The molecule has 8 heteroatoms. The molecule has 1 unspecified atom stereocenters. The summed E-state index contributed by atoms with van der Waals surface area (Å²) in [5, 5.41) is 11.8. The van der Waals surface area contributed by atoms with Crippen molar-refractivity contribution in [2.24, 2.45) is 0 Å². The van der Waals surface area contributed by atoms with E-state index in [1.54, 1.807) is 23.1 Å². The maximum Gasteiger partial charge on any atom is 0.331 e. The number of carbonyl (C=O) groups is 3. The normalized spacial score (nSPS) is 22.9. The fourth-order valence-electron chi connectivity index (χ4n) is 3.00. The number of nitrogens with one attached hydrogen (secondary N) is 1.